The molecule has 34 valence electrons. The van der Waals surface area contributed by atoms with E-state index in [1.165, 1.54) is 6.42 Å². The van der Waals surface area contributed by atoms with Gasteiger partial charge in [0.05, 0.1) is 0 Å². The van der Waals surface area contributed by atoms with Crippen LogP contribution in [0.1, 0.15) is 20.3 Å². The Kier molecular flexibility index (Phi) is 0.722. The maximum absolute atomic E-state index is 2.28. The van der Waals surface area contributed by atoms with Gasteiger partial charge in [-0.2, -0.15) is 0 Å². The topological polar surface area (TPSA) is 0 Å². The van der Waals surface area contributed by atoms with Crippen molar-refractivity contribution in [2.24, 2.45) is 5.92 Å². The molecule has 0 aromatic heterocycles. The Labute approximate surface area is 38.9 Å². The van der Waals surface area contributed by atoms with Crippen molar-refractivity contribution in [3.05, 3.63) is 11.6 Å². The minimum Gasteiger partial charge on any atom is -0.0847 e. The molecule has 0 aromatic rings. The first-order valence-electron chi connectivity index (χ1n) is 2.47. The zero-order valence-electron chi connectivity index (χ0n) is 4.36. The molecule has 0 amide bonds. The Hall–Kier alpha value is -0.260. The highest BCUT2D eigenvalue weighted by atomic mass is 14.1. The van der Waals surface area contributed by atoms with Crippen LogP contribution in [0.15, 0.2) is 11.6 Å². The predicted molar refractivity (Wildman–Crippen MR) is 27.5 cm³/mol. The summed E-state index contributed by atoms with van der Waals surface area (Å²) in [5, 5.41) is 0. The monoisotopic (exact) mass is 82.1 g/mol. The van der Waals surface area contributed by atoms with Gasteiger partial charge in [-0.15, -0.1) is 0 Å². The van der Waals surface area contributed by atoms with Gasteiger partial charge in [0.25, 0.3) is 0 Å². The Morgan fingerprint density at radius 2 is 2.33 bits per heavy atom. The van der Waals surface area contributed by atoms with Gasteiger partial charge in [0.2, 0.25) is 0 Å². The van der Waals surface area contributed by atoms with Crippen LogP contribution in [0, 0.1) is 5.92 Å². The van der Waals surface area contributed by atoms with Gasteiger partial charge in [-0.3, -0.25) is 0 Å². The molecule has 0 bridgehead atoms. The van der Waals surface area contributed by atoms with Crippen molar-refractivity contribution in [3.8, 4) is 0 Å². The van der Waals surface area contributed by atoms with Crippen molar-refractivity contribution in [1.29, 1.82) is 0 Å². The summed E-state index contributed by atoms with van der Waals surface area (Å²) in [5.41, 5.74) is 1.56. The number of hydrogen-bond donors (Lipinski definition) is 0. The molecule has 0 N–H and O–H groups in total. The maximum atomic E-state index is 2.28. The number of allylic oxidation sites excluding steroid dienone is 2. The molecule has 1 aliphatic rings. The molecule has 0 aliphatic heterocycles. The van der Waals surface area contributed by atoms with Crippen molar-refractivity contribution in [3.63, 3.8) is 0 Å². The van der Waals surface area contributed by atoms with Crippen LogP contribution < -0.4 is 0 Å². The van der Waals surface area contributed by atoms with Gasteiger partial charge in [0, 0.05) is 0 Å². The van der Waals surface area contributed by atoms with Gasteiger partial charge in [0.1, 0.15) is 0 Å². The second kappa shape index (κ2) is 1.11. The highest BCUT2D eigenvalue weighted by Gasteiger charge is 2.09. The molecule has 1 aliphatic carbocycles. The van der Waals surface area contributed by atoms with E-state index in [1.807, 2.05) is 0 Å². The van der Waals surface area contributed by atoms with E-state index < -0.39 is 0 Å². The lowest BCUT2D eigenvalue weighted by atomic mass is 9.88. The van der Waals surface area contributed by atoms with E-state index in [0.717, 1.165) is 5.92 Å². The van der Waals surface area contributed by atoms with Crippen molar-refractivity contribution in [1.82, 2.24) is 0 Å². The van der Waals surface area contributed by atoms with Crippen LogP contribution in [0.4, 0.5) is 0 Å². The van der Waals surface area contributed by atoms with E-state index in [0.29, 0.717) is 0 Å². The molecule has 0 fully saturated rings. The Balaban J connectivity index is 2.51. The molecule has 0 unspecified atom stereocenters. The van der Waals surface area contributed by atoms with Gasteiger partial charge in [-0.25, -0.2) is 0 Å². The lowest BCUT2D eigenvalue weighted by Crippen LogP contribution is -2.03. The molecule has 0 nitrogen and oxygen atoms in total. The molecule has 6 heavy (non-hydrogen) atoms. The standard InChI is InChI=1S/C6H10/c1-5-3-4-6(5)2/h3,6H,4H2,1-2H3/t6-/m1/s1. The molecule has 0 heteroatoms. The number of rotatable bonds is 0. The van der Waals surface area contributed by atoms with Crippen LogP contribution >= 0.6 is 0 Å². The summed E-state index contributed by atoms with van der Waals surface area (Å²) in [6, 6.07) is 0. The Morgan fingerprint density at radius 1 is 1.83 bits per heavy atom. The van der Waals surface area contributed by atoms with E-state index in [4.69, 9.17) is 0 Å². The van der Waals surface area contributed by atoms with E-state index in [9.17, 15) is 0 Å². The first kappa shape index (κ1) is 3.91. The average Bonchev–Trinajstić information content (AvgIpc) is 1.61. The highest BCUT2D eigenvalue weighted by Crippen LogP contribution is 2.24. The second-order valence-corrected chi connectivity index (χ2v) is 2.08. The lowest BCUT2D eigenvalue weighted by molar-refractivity contribution is 0.624. The third-order valence-electron chi connectivity index (χ3n) is 1.57. The van der Waals surface area contributed by atoms with Gasteiger partial charge in [-0.05, 0) is 19.3 Å². The normalized spacial score (nSPS) is 31.7. The van der Waals surface area contributed by atoms with Crippen LogP contribution in [0.3, 0.4) is 0 Å². The molecule has 0 saturated heterocycles. The molecular formula is C6H10. The summed E-state index contributed by atoms with van der Waals surface area (Å²) in [7, 11) is 0. The molecule has 1 rings (SSSR count). The highest BCUT2D eigenvalue weighted by molar-refractivity contribution is 5.13. The Bertz CT molecular complexity index is 80.0. The first-order valence-corrected chi connectivity index (χ1v) is 2.47. The second-order valence-electron chi connectivity index (χ2n) is 2.08. The molecule has 0 heterocycles. The van der Waals surface area contributed by atoms with Crippen LogP contribution in [0.2, 0.25) is 0 Å². The largest absolute Gasteiger partial charge is 0.0847 e. The van der Waals surface area contributed by atoms with Crippen molar-refractivity contribution in [2.75, 3.05) is 0 Å². The quantitative estimate of drug-likeness (QED) is 0.392. The minimum atomic E-state index is 0.894. The predicted octanol–water partition coefficient (Wildman–Crippen LogP) is 1.97. The zero-order valence-corrected chi connectivity index (χ0v) is 4.36. The fourth-order valence-corrected chi connectivity index (χ4v) is 0.589. The van der Waals surface area contributed by atoms with Crippen molar-refractivity contribution >= 4 is 0 Å². The Morgan fingerprint density at radius 3 is 2.33 bits per heavy atom. The van der Waals surface area contributed by atoms with E-state index in [1.54, 1.807) is 5.57 Å². The van der Waals surface area contributed by atoms with Gasteiger partial charge in [0.15, 0.2) is 0 Å². The molecule has 1 atom stereocenters. The summed E-state index contributed by atoms with van der Waals surface area (Å²) < 4.78 is 0. The van der Waals surface area contributed by atoms with Crippen molar-refractivity contribution in [2.45, 2.75) is 20.3 Å². The molecular weight excluding hydrogens is 72.1 g/mol. The van der Waals surface area contributed by atoms with Crippen LogP contribution in [0.5, 0.6) is 0 Å². The van der Waals surface area contributed by atoms with Gasteiger partial charge < -0.3 is 0 Å². The van der Waals surface area contributed by atoms with Crippen LogP contribution in [-0.2, 0) is 0 Å². The fourth-order valence-electron chi connectivity index (χ4n) is 0.589. The average molecular weight is 82.1 g/mol. The summed E-state index contributed by atoms with van der Waals surface area (Å²) in [5.74, 6) is 0.894. The van der Waals surface area contributed by atoms with Crippen molar-refractivity contribution < 1.29 is 0 Å². The summed E-state index contributed by atoms with van der Waals surface area (Å²) >= 11 is 0. The van der Waals surface area contributed by atoms with Crippen LogP contribution in [0.25, 0.3) is 0 Å². The smallest absolute Gasteiger partial charge is 0.0200 e. The molecule has 0 saturated carbocycles. The van der Waals surface area contributed by atoms with Gasteiger partial charge in [-0.1, -0.05) is 18.6 Å². The number of hydrogen-bond acceptors (Lipinski definition) is 0. The van der Waals surface area contributed by atoms with E-state index >= 15 is 0 Å². The lowest BCUT2D eigenvalue weighted by Gasteiger charge is -2.18. The van der Waals surface area contributed by atoms with E-state index in [-0.39, 0.29) is 0 Å². The molecule has 0 spiro atoms. The summed E-state index contributed by atoms with van der Waals surface area (Å²) in [6.45, 7) is 4.45. The third kappa shape index (κ3) is 0.368. The zero-order chi connectivity index (χ0) is 4.57. The van der Waals surface area contributed by atoms with Crippen LogP contribution in [-0.4, -0.2) is 0 Å². The summed E-state index contributed by atoms with van der Waals surface area (Å²) in [4.78, 5) is 0. The molecule has 0 aromatic carbocycles. The third-order valence-corrected chi connectivity index (χ3v) is 1.57. The van der Waals surface area contributed by atoms with Gasteiger partial charge >= 0.3 is 0 Å². The summed E-state index contributed by atoms with van der Waals surface area (Å²) in [6.07, 6.45) is 3.59. The first-order chi connectivity index (χ1) is 2.80. The minimum absolute atomic E-state index is 0.894. The maximum Gasteiger partial charge on any atom is -0.0200 e. The SMILES string of the molecule is CC1=CC[C@H]1C. The molecule has 0 radical (unpaired) electrons. The van der Waals surface area contributed by atoms with E-state index in [2.05, 4.69) is 19.9 Å². The fraction of sp³-hybridized carbons (Fsp3) is 0.667.